The van der Waals surface area contributed by atoms with Gasteiger partial charge in [-0.3, -0.25) is 19.5 Å². The zero-order valence-corrected chi connectivity index (χ0v) is 27.3. The van der Waals surface area contributed by atoms with Gasteiger partial charge in [0.15, 0.2) is 0 Å². The molecule has 45 heavy (non-hydrogen) atoms. The minimum absolute atomic E-state index is 0.0717. The summed E-state index contributed by atoms with van der Waals surface area (Å²) in [6.07, 6.45) is 9.04. The fraction of sp³-hybridized carbons (Fsp3) is 0.500. The Labute approximate surface area is 264 Å². The van der Waals surface area contributed by atoms with Crippen molar-refractivity contribution in [3.05, 3.63) is 66.0 Å². The number of nitriles is 1. The Bertz CT molecular complexity index is 1740. The molecule has 0 saturated carbocycles. The number of pyridine rings is 2. The van der Waals surface area contributed by atoms with E-state index in [1.807, 2.05) is 56.3 Å². The third-order valence-electron chi connectivity index (χ3n) is 9.36. The molecule has 0 aliphatic carbocycles. The van der Waals surface area contributed by atoms with Crippen LogP contribution in [-0.4, -0.2) is 77.1 Å². The SMILES string of the molecule is Cc1c(-c2cc(N[C@H](C)c3ccccn3)c3c(C#N)cnn3c2)cnn1C1CCN(C2CN(C(=O)OC(C)(C)C)C2(C)C)CC1. The Morgan fingerprint density at radius 3 is 2.58 bits per heavy atom. The molecule has 4 aromatic rings. The van der Waals surface area contributed by atoms with E-state index >= 15 is 0 Å². The van der Waals surface area contributed by atoms with Crippen molar-refractivity contribution in [2.45, 2.75) is 90.6 Å². The van der Waals surface area contributed by atoms with Gasteiger partial charge in [0.1, 0.15) is 17.2 Å². The Morgan fingerprint density at radius 2 is 1.93 bits per heavy atom. The van der Waals surface area contributed by atoms with Crippen LogP contribution in [0.15, 0.2) is 49.1 Å². The van der Waals surface area contributed by atoms with Crippen molar-refractivity contribution in [1.82, 2.24) is 34.2 Å². The Hall–Kier alpha value is -4.43. The zero-order chi connectivity index (χ0) is 32.1. The van der Waals surface area contributed by atoms with Gasteiger partial charge in [-0.25, -0.2) is 9.31 Å². The van der Waals surface area contributed by atoms with E-state index in [9.17, 15) is 10.1 Å². The van der Waals surface area contributed by atoms with Crippen LogP contribution < -0.4 is 5.32 Å². The molecule has 2 aliphatic rings. The number of amides is 1. The number of anilines is 1. The number of likely N-dealkylation sites (tertiary alicyclic amines) is 2. The zero-order valence-electron chi connectivity index (χ0n) is 27.3. The lowest BCUT2D eigenvalue weighted by Gasteiger charge is -2.59. The van der Waals surface area contributed by atoms with Gasteiger partial charge in [0.25, 0.3) is 0 Å². The highest BCUT2D eigenvalue weighted by molar-refractivity contribution is 5.83. The van der Waals surface area contributed by atoms with Gasteiger partial charge < -0.3 is 10.1 Å². The summed E-state index contributed by atoms with van der Waals surface area (Å²) in [5, 5.41) is 22.7. The molecule has 0 spiro atoms. The molecule has 0 aromatic carbocycles. The van der Waals surface area contributed by atoms with Crippen LogP contribution in [-0.2, 0) is 4.74 Å². The fourth-order valence-corrected chi connectivity index (χ4v) is 6.81. The lowest BCUT2D eigenvalue weighted by atomic mass is 9.81. The lowest BCUT2D eigenvalue weighted by molar-refractivity contribution is -0.0952. The third kappa shape index (κ3) is 5.75. The van der Waals surface area contributed by atoms with E-state index in [1.54, 1.807) is 16.9 Å². The molecule has 2 saturated heterocycles. The second kappa shape index (κ2) is 11.5. The molecule has 0 bridgehead atoms. The number of carbonyl (C=O) groups is 1. The highest BCUT2D eigenvalue weighted by atomic mass is 16.6. The largest absolute Gasteiger partial charge is 0.444 e. The average Bonchev–Trinajstić information content (AvgIpc) is 3.59. The predicted octanol–water partition coefficient (Wildman–Crippen LogP) is 5.98. The van der Waals surface area contributed by atoms with Crippen molar-refractivity contribution in [1.29, 1.82) is 5.26 Å². The number of hydrogen-bond acceptors (Lipinski definition) is 8. The first kappa shape index (κ1) is 30.6. The van der Waals surface area contributed by atoms with Crippen LogP contribution in [0.3, 0.4) is 0 Å². The first-order valence-electron chi connectivity index (χ1n) is 15.8. The average molecular weight is 610 g/mol. The van der Waals surface area contributed by atoms with Crippen LogP contribution >= 0.6 is 0 Å². The monoisotopic (exact) mass is 609 g/mol. The topological polar surface area (TPSA) is 117 Å². The van der Waals surface area contributed by atoms with Gasteiger partial charge in [-0.2, -0.15) is 15.5 Å². The maximum absolute atomic E-state index is 12.8. The van der Waals surface area contributed by atoms with Crippen LogP contribution in [0.2, 0.25) is 0 Å². The van der Waals surface area contributed by atoms with Crippen LogP contribution in [0.4, 0.5) is 10.5 Å². The van der Waals surface area contributed by atoms with Gasteiger partial charge >= 0.3 is 6.09 Å². The molecule has 2 atom stereocenters. The number of nitrogens with one attached hydrogen (secondary N) is 1. The second-order valence-corrected chi connectivity index (χ2v) is 13.8. The molecular weight excluding hydrogens is 566 g/mol. The Kier molecular flexibility index (Phi) is 7.81. The van der Waals surface area contributed by atoms with Crippen molar-refractivity contribution < 1.29 is 9.53 Å². The standard InChI is InChI=1S/C34H43N9O2/c1-22(28-10-8-9-13-36-28)39-29-16-24(20-42-31(29)25(17-35)18-37-42)27-19-38-43(23(27)2)26-11-14-40(15-12-26)30-21-41(34(30,6)7)32(44)45-33(3,4)5/h8-10,13,16,18-20,22,26,30,39H,11-12,14-15,21H2,1-7H3/t22-,30?/m1/s1. The lowest BCUT2D eigenvalue weighted by Crippen LogP contribution is -2.75. The van der Waals surface area contributed by atoms with E-state index in [0.717, 1.165) is 59.7 Å². The van der Waals surface area contributed by atoms with Gasteiger partial charge in [0, 0.05) is 48.8 Å². The summed E-state index contributed by atoms with van der Waals surface area (Å²) >= 11 is 0. The first-order valence-corrected chi connectivity index (χ1v) is 15.8. The van der Waals surface area contributed by atoms with E-state index in [1.165, 1.54) is 0 Å². The van der Waals surface area contributed by atoms with Gasteiger partial charge in [-0.15, -0.1) is 0 Å². The molecule has 2 aliphatic heterocycles. The van der Waals surface area contributed by atoms with E-state index in [2.05, 4.69) is 64.8 Å². The summed E-state index contributed by atoms with van der Waals surface area (Å²) in [5.41, 5.74) is 5.33. The number of fused-ring (bicyclic) bond motifs is 1. The van der Waals surface area contributed by atoms with E-state index in [0.29, 0.717) is 24.2 Å². The molecular formula is C34H43N9O2. The second-order valence-electron chi connectivity index (χ2n) is 13.8. The molecule has 11 nitrogen and oxygen atoms in total. The number of aromatic nitrogens is 5. The van der Waals surface area contributed by atoms with E-state index in [-0.39, 0.29) is 17.7 Å². The maximum Gasteiger partial charge on any atom is 0.410 e. The number of ether oxygens (including phenoxy) is 1. The Morgan fingerprint density at radius 1 is 1.18 bits per heavy atom. The summed E-state index contributed by atoms with van der Waals surface area (Å²) in [4.78, 5) is 21.6. The minimum Gasteiger partial charge on any atom is -0.444 e. The molecule has 4 aromatic heterocycles. The molecule has 1 N–H and O–H groups in total. The number of piperidine rings is 1. The van der Waals surface area contributed by atoms with Crippen LogP contribution in [0.5, 0.6) is 0 Å². The molecule has 6 heterocycles. The van der Waals surface area contributed by atoms with Crippen LogP contribution in [0, 0.1) is 18.3 Å². The summed E-state index contributed by atoms with van der Waals surface area (Å²) in [5.74, 6) is 0. The van der Waals surface area contributed by atoms with Gasteiger partial charge in [0.05, 0.1) is 53.0 Å². The van der Waals surface area contributed by atoms with Gasteiger partial charge in [-0.1, -0.05) is 6.07 Å². The normalized spacial score (nSPS) is 19.6. The van der Waals surface area contributed by atoms with Crippen molar-refractivity contribution in [2.24, 2.45) is 0 Å². The minimum atomic E-state index is -0.503. The van der Waals surface area contributed by atoms with Crippen LogP contribution in [0.1, 0.15) is 83.4 Å². The molecule has 2 fully saturated rings. The van der Waals surface area contributed by atoms with E-state index in [4.69, 9.17) is 9.84 Å². The smallest absolute Gasteiger partial charge is 0.410 e. The van der Waals surface area contributed by atoms with Gasteiger partial charge in [-0.05, 0) is 79.5 Å². The quantitative estimate of drug-likeness (QED) is 0.284. The molecule has 236 valence electrons. The van der Waals surface area contributed by atoms with Crippen molar-refractivity contribution in [3.8, 4) is 17.2 Å². The number of rotatable bonds is 6. The molecule has 1 amide bonds. The number of nitrogens with zero attached hydrogens (tertiary/aromatic N) is 8. The van der Waals surface area contributed by atoms with Gasteiger partial charge in [0.2, 0.25) is 0 Å². The maximum atomic E-state index is 12.8. The predicted molar refractivity (Wildman–Crippen MR) is 173 cm³/mol. The first-order chi connectivity index (χ1) is 21.4. The highest BCUT2D eigenvalue weighted by Crippen LogP contribution is 2.39. The molecule has 1 unspecified atom stereocenters. The molecule has 11 heteroatoms. The summed E-state index contributed by atoms with van der Waals surface area (Å²) < 4.78 is 9.59. The van der Waals surface area contributed by atoms with Crippen molar-refractivity contribution >= 4 is 17.3 Å². The summed E-state index contributed by atoms with van der Waals surface area (Å²) in [7, 11) is 0. The Balaban J connectivity index is 1.18. The van der Waals surface area contributed by atoms with Crippen molar-refractivity contribution in [3.63, 3.8) is 0 Å². The third-order valence-corrected chi connectivity index (χ3v) is 9.36. The fourth-order valence-electron chi connectivity index (χ4n) is 6.81. The molecule has 0 radical (unpaired) electrons. The van der Waals surface area contributed by atoms with Crippen LogP contribution in [0.25, 0.3) is 16.6 Å². The number of hydrogen-bond donors (Lipinski definition) is 1. The van der Waals surface area contributed by atoms with E-state index < -0.39 is 5.60 Å². The highest BCUT2D eigenvalue weighted by Gasteiger charge is 2.53. The summed E-state index contributed by atoms with van der Waals surface area (Å²) in [6, 6.07) is 10.8. The number of carbonyl (C=O) groups excluding carboxylic acids is 1. The molecule has 6 rings (SSSR count). The summed E-state index contributed by atoms with van der Waals surface area (Å²) in [6.45, 7) is 16.8. The van der Waals surface area contributed by atoms with Crippen molar-refractivity contribution in [2.75, 3.05) is 25.0 Å².